The fourth-order valence-electron chi connectivity index (χ4n) is 5.77. The van der Waals surface area contributed by atoms with Gasteiger partial charge >= 0.3 is 6.61 Å². The number of rotatable bonds is 9. The fraction of sp³-hybridized carbons (Fsp3) is 0.214. The third-order valence-electron chi connectivity index (χ3n) is 8.63. The summed E-state index contributed by atoms with van der Waals surface area (Å²) in [7, 11) is 0. The molecule has 59 heavy (non-hydrogen) atoms. The zero-order valence-corrected chi connectivity index (χ0v) is 35.3. The van der Waals surface area contributed by atoms with Crippen LogP contribution in [0, 0.1) is 69.2 Å². The Kier molecular flexibility index (Phi) is 15.6. The van der Waals surface area contributed by atoms with Crippen LogP contribution in [0.5, 0.6) is 5.75 Å². The van der Waals surface area contributed by atoms with Gasteiger partial charge in [0.05, 0.1) is 34.7 Å². The van der Waals surface area contributed by atoms with E-state index in [-0.39, 0.29) is 22.6 Å². The Morgan fingerprint density at radius 2 is 1.29 bits per heavy atom. The fourth-order valence-corrected chi connectivity index (χ4v) is 6.51. The van der Waals surface area contributed by atoms with Crippen molar-refractivity contribution < 1.29 is 45.8 Å². The quantitative estimate of drug-likeness (QED) is 0.0870. The van der Waals surface area contributed by atoms with Crippen LogP contribution < -0.4 is 4.74 Å². The van der Waals surface area contributed by atoms with E-state index in [1.54, 1.807) is 36.7 Å². The Morgan fingerprint density at radius 3 is 1.75 bits per heavy atom. The second-order valence-electron chi connectivity index (χ2n) is 13.0. The van der Waals surface area contributed by atoms with E-state index in [1.165, 1.54) is 13.0 Å². The zero-order chi connectivity index (χ0) is 43.9. The lowest BCUT2D eigenvalue weighted by Gasteiger charge is -2.16. The van der Waals surface area contributed by atoms with E-state index < -0.39 is 53.1 Å². The standard InChI is InChI=1S/C20H15BrF4N2O3.C14H14BrN3.C8H6F2O/c1-9-8-27(10(2)26-9)16-4-3-12(21)7-13(16)18(29)17(28)11-5-14(22)19(15(23)6-11)30-20(24)25;1-9(7-16)13-6-12(15)4-5-14(13)18-8-10(2)17-11(18)3;1-5-7(9)2-6(4-11)3-8(5)10/h3-8,17,20,28H,1-2H3;4-6,8-9H,1-3H3;2-4H,1H3. The molecule has 0 saturated carbocycles. The van der Waals surface area contributed by atoms with E-state index in [9.17, 15) is 41.0 Å². The molecule has 2 atom stereocenters. The van der Waals surface area contributed by atoms with Crippen LogP contribution in [0.25, 0.3) is 11.4 Å². The molecule has 9 nitrogen and oxygen atoms in total. The monoisotopic (exact) mass is 945 g/mol. The molecule has 0 spiro atoms. The SMILES string of the molecule is Cc1c(F)cc(C=O)cc1F.Cc1cn(-c2ccc(Br)cc2C(=O)C(O)c2cc(F)c(OC(F)F)c(F)c2)c(C)n1.Cc1cn(-c2ccc(Br)cc2C(C)C#N)c(C)n1. The Balaban J connectivity index is 0.000000223. The number of aldehydes is 1. The number of imidazole rings is 2. The summed E-state index contributed by atoms with van der Waals surface area (Å²) in [6, 6.07) is 16.2. The highest BCUT2D eigenvalue weighted by Gasteiger charge is 2.27. The number of ether oxygens (including phenoxy) is 1. The number of carbonyl (C=O) groups excluding carboxylic acids is 2. The predicted molar refractivity (Wildman–Crippen MR) is 214 cm³/mol. The van der Waals surface area contributed by atoms with Gasteiger partial charge in [-0.25, -0.2) is 27.5 Å². The molecule has 17 heteroatoms. The normalized spacial score (nSPS) is 11.8. The number of halogens is 8. The average molecular weight is 948 g/mol. The van der Waals surface area contributed by atoms with Crippen LogP contribution in [-0.2, 0) is 0 Å². The van der Waals surface area contributed by atoms with Crippen molar-refractivity contribution in [1.29, 1.82) is 5.26 Å². The van der Waals surface area contributed by atoms with Crippen LogP contribution >= 0.6 is 31.9 Å². The molecule has 4 aromatic carbocycles. The molecule has 2 heterocycles. The maximum atomic E-state index is 14.0. The first kappa shape index (κ1) is 46.1. The van der Waals surface area contributed by atoms with Gasteiger partial charge in [0.15, 0.2) is 23.2 Å². The number of ketones is 1. The number of hydrogen-bond acceptors (Lipinski definition) is 7. The number of aromatic nitrogens is 4. The van der Waals surface area contributed by atoms with E-state index >= 15 is 0 Å². The summed E-state index contributed by atoms with van der Waals surface area (Å²) in [5.74, 6) is -5.08. The minimum absolute atomic E-state index is 0.0191. The molecule has 6 aromatic rings. The highest BCUT2D eigenvalue weighted by Crippen LogP contribution is 2.32. The maximum Gasteiger partial charge on any atom is 0.387 e. The molecule has 0 amide bonds. The zero-order valence-electron chi connectivity index (χ0n) is 32.2. The van der Waals surface area contributed by atoms with Crippen LogP contribution in [-0.4, -0.2) is 42.9 Å². The van der Waals surface area contributed by atoms with E-state index in [1.807, 2.05) is 49.7 Å². The van der Waals surface area contributed by atoms with Gasteiger partial charge < -0.3 is 19.0 Å². The first-order chi connectivity index (χ1) is 27.7. The molecule has 0 saturated heterocycles. The topological polar surface area (TPSA) is 123 Å². The lowest BCUT2D eigenvalue weighted by Crippen LogP contribution is -2.16. The minimum atomic E-state index is -3.43. The summed E-state index contributed by atoms with van der Waals surface area (Å²) >= 11 is 6.71. The molecule has 2 aromatic heterocycles. The number of Topliss-reactive ketones (excluding diaryl/α,β-unsaturated/α-hetero) is 1. The smallest absolute Gasteiger partial charge is 0.387 e. The van der Waals surface area contributed by atoms with Crippen LogP contribution in [0.15, 0.2) is 82.0 Å². The summed E-state index contributed by atoms with van der Waals surface area (Å²) in [6.45, 7) is 7.23. The lowest BCUT2D eigenvalue weighted by molar-refractivity contribution is -0.0547. The number of benzene rings is 4. The van der Waals surface area contributed by atoms with Crippen LogP contribution in [0.1, 0.15) is 79.4 Å². The molecular weight excluding hydrogens is 912 g/mol. The van der Waals surface area contributed by atoms with Gasteiger partial charge in [0, 0.05) is 38.0 Å². The summed E-state index contributed by atoms with van der Waals surface area (Å²) in [5.41, 5.74) is 3.68. The summed E-state index contributed by atoms with van der Waals surface area (Å²) in [5, 5.41) is 19.6. The van der Waals surface area contributed by atoms with Gasteiger partial charge in [-0.15, -0.1) is 0 Å². The van der Waals surface area contributed by atoms with Crippen LogP contribution in [0.2, 0.25) is 0 Å². The van der Waals surface area contributed by atoms with Gasteiger partial charge in [-0.1, -0.05) is 31.9 Å². The number of carbonyl (C=O) groups is 2. The van der Waals surface area contributed by atoms with E-state index in [4.69, 9.17) is 5.26 Å². The molecule has 2 unspecified atom stereocenters. The third kappa shape index (κ3) is 11.3. The van der Waals surface area contributed by atoms with Crippen molar-refractivity contribution in [2.24, 2.45) is 0 Å². The van der Waals surface area contributed by atoms with Gasteiger partial charge in [0.1, 0.15) is 35.7 Å². The number of aryl methyl sites for hydroxylation is 4. The highest BCUT2D eigenvalue weighted by atomic mass is 79.9. The van der Waals surface area contributed by atoms with Crippen molar-refractivity contribution in [3.63, 3.8) is 0 Å². The number of hydrogen-bond donors (Lipinski definition) is 1. The maximum absolute atomic E-state index is 14.0. The van der Waals surface area contributed by atoms with Crippen LogP contribution in [0.4, 0.5) is 26.3 Å². The van der Waals surface area contributed by atoms with Crippen molar-refractivity contribution >= 4 is 43.9 Å². The van der Waals surface area contributed by atoms with Crippen molar-refractivity contribution in [3.05, 3.63) is 156 Å². The van der Waals surface area contributed by atoms with E-state index in [0.717, 1.165) is 39.4 Å². The predicted octanol–water partition coefficient (Wildman–Crippen LogP) is 11.0. The van der Waals surface area contributed by atoms with Gasteiger partial charge in [-0.3, -0.25) is 9.59 Å². The average Bonchev–Trinajstić information content (AvgIpc) is 3.71. The summed E-state index contributed by atoms with van der Waals surface area (Å²) in [6.07, 6.45) is 2.14. The second kappa shape index (κ2) is 19.9. The molecule has 0 fully saturated rings. The van der Waals surface area contributed by atoms with Gasteiger partial charge in [-0.05, 0) is 113 Å². The largest absolute Gasteiger partial charge is 0.429 e. The molecule has 6 rings (SSSR count). The number of nitriles is 1. The molecular formula is C42H35Br2F6N5O4. The molecule has 1 N–H and O–H groups in total. The Morgan fingerprint density at radius 1 is 0.797 bits per heavy atom. The highest BCUT2D eigenvalue weighted by molar-refractivity contribution is 9.10. The summed E-state index contributed by atoms with van der Waals surface area (Å²) < 4.78 is 86.9. The Labute approximate surface area is 352 Å². The molecule has 0 aliphatic rings. The molecule has 0 aliphatic heterocycles. The number of nitrogens with zero attached hydrogens (tertiary/aromatic N) is 5. The molecule has 0 bridgehead atoms. The number of aliphatic hydroxyl groups is 1. The Hall–Kier alpha value is -5.57. The van der Waals surface area contributed by atoms with E-state index in [0.29, 0.717) is 40.1 Å². The third-order valence-corrected chi connectivity index (χ3v) is 9.62. The van der Waals surface area contributed by atoms with Crippen molar-refractivity contribution in [3.8, 4) is 23.2 Å². The van der Waals surface area contributed by atoms with Gasteiger partial charge in [-0.2, -0.15) is 14.0 Å². The van der Waals surface area contributed by atoms with Crippen molar-refractivity contribution in [1.82, 2.24) is 19.1 Å². The minimum Gasteiger partial charge on any atom is -0.429 e. The molecule has 0 radical (unpaired) electrons. The first-order valence-electron chi connectivity index (χ1n) is 17.4. The van der Waals surface area contributed by atoms with E-state index in [2.05, 4.69) is 52.6 Å². The lowest BCUT2D eigenvalue weighted by atomic mass is 9.98. The Bertz CT molecular complexity index is 2510. The molecule has 308 valence electrons. The van der Waals surface area contributed by atoms with Gasteiger partial charge in [0.2, 0.25) is 0 Å². The van der Waals surface area contributed by atoms with Crippen molar-refractivity contribution in [2.45, 2.75) is 60.2 Å². The van der Waals surface area contributed by atoms with Gasteiger partial charge in [0.25, 0.3) is 0 Å². The summed E-state index contributed by atoms with van der Waals surface area (Å²) in [4.78, 5) is 31.8. The molecule has 0 aliphatic carbocycles. The number of aliphatic hydroxyl groups excluding tert-OH is 1. The van der Waals surface area contributed by atoms with Crippen molar-refractivity contribution in [2.75, 3.05) is 0 Å². The van der Waals surface area contributed by atoms with Crippen LogP contribution in [0.3, 0.4) is 0 Å². The number of alkyl halides is 2. The second-order valence-corrected chi connectivity index (χ2v) is 14.8. The first-order valence-corrected chi connectivity index (χ1v) is 19.0.